The van der Waals surface area contributed by atoms with E-state index in [1.54, 1.807) is 0 Å². The van der Waals surface area contributed by atoms with E-state index < -0.39 is 0 Å². The lowest BCUT2D eigenvalue weighted by Gasteiger charge is -2.25. The van der Waals surface area contributed by atoms with Crippen molar-refractivity contribution in [3.8, 4) is 0 Å². The van der Waals surface area contributed by atoms with Gasteiger partial charge in [0, 0.05) is 43.5 Å². The first-order valence-electron chi connectivity index (χ1n) is 10.9. The van der Waals surface area contributed by atoms with E-state index in [9.17, 15) is 4.79 Å². The Balaban J connectivity index is 1.49. The summed E-state index contributed by atoms with van der Waals surface area (Å²) in [5.41, 5.74) is 3.07. The molecule has 1 unspecified atom stereocenters. The summed E-state index contributed by atoms with van der Waals surface area (Å²) < 4.78 is 7.72. The molecule has 1 fully saturated rings. The van der Waals surface area contributed by atoms with Crippen LogP contribution in [0.4, 0.5) is 0 Å². The third-order valence-electron chi connectivity index (χ3n) is 6.22. The molecule has 1 aliphatic carbocycles. The highest BCUT2D eigenvalue weighted by Gasteiger charge is 2.31. The Hall–Kier alpha value is -2.12. The molecule has 158 valence electrons. The molecule has 0 aromatic carbocycles. The molecule has 0 bridgehead atoms. The first-order valence-corrected chi connectivity index (χ1v) is 10.9. The smallest absolute Gasteiger partial charge is 0.274 e. The van der Waals surface area contributed by atoms with Gasteiger partial charge < -0.3 is 19.5 Å². The van der Waals surface area contributed by atoms with Crippen LogP contribution in [0.5, 0.6) is 0 Å². The van der Waals surface area contributed by atoms with Crippen molar-refractivity contribution in [2.75, 3.05) is 33.2 Å². The van der Waals surface area contributed by atoms with E-state index in [2.05, 4.69) is 24.2 Å². The fourth-order valence-corrected chi connectivity index (χ4v) is 4.52. The van der Waals surface area contributed by atoms with Gasteiger partial charge in [-0.2, -0.15) is 5.10 Å². The van der Waals surface area contributed by atoms with Crippen molar-refractivity contribution in [3.63, 3.8) is 0 Å². The third kappa shape index (κ3) is 4.41. The predicted molar refractivity (Wildman–Crippen MR) is 112 cm³/mol. The highest BCUT2D eigenvalue weighted by molar-refractivity contribution is 5.94. The fraction of sp³-hybridized carbons (Fsp3) is 0.636. The molecule has 7 nitrogen and oxygen atoms in total. The molecule has 3 heterocycles. The van der Waals surface area contributed by atoms with E-state index in [1.807, 2.05) is 28.6 Å². The zero-order chi connectivity index (χ0) is 20.4. The monoisotopic (exact) mass is 399 g/mol. The highest BCUT2D eigenvalue weighted by Crippen LogP contribution is 2.26. The lowest BCUT2D eigenvalue weighted by Crippen LogP contribution is -2.37. The summed E-state index contributed by atoms with van der Waals surface area (Å²) in [6.45, 7) is 9.16. The Bertz CT molecular complexity index is 856. The number of nitrogens with zero attached hydrogens (tertiary/aromatic N) is 4. The minimum atomic E-state index is 0.103. The zero-order valence-electron chi connectivity index (χ0n) is 17.9. The second-order valence-corrected chi connectivity index (χ2v) is 8.37. The lowest BCUT2D eigenvalue weighted by molar-refractivity contribution is 0.0754. The maximum atomic E-state index is 13.3. The number of aromatic nitrogens is 2. The SMILES string of the molecule is CCn1nc(C(=O)N2CCCN(C)CC2)c2c1CCC(NCc1ccc(C)o1)C2. The van der Waals surface area contributed by atoms with Crippen molar-refractivity contribution in [2.24, 2.45) is 0 Å². The van der Waals surface area contributed by atoms with Crippen LogP contribution in [0, 0.1) is 6.92 Å². The van der Waals surface area contributed by atoms with E-state index in [0.29, 0.717) is 11.7 Å². The molecule has 29 heavy (non-hydrogen) atoms. The van der Waals surface area contributed by atoms with Crippen LogP contribution in [-0.4, -0.2) is 64.8 Å². The number of hydrogen-bond acceptors (Lipinski definition) is 5. The molecule has 0 saturated carbocycles. The molecule has 2 aromatic rings. The molecule has 7 heteroatoms. The summed E-state index contributed by atoms with van der Waals surface area (Å²) in [6, 6.07) is 4.36. The number of aryl methyl sites for hydroxylation is 2. The van der Waals surface area contributed by atoms with Gasteiger partial charge in [-0.1, -0.05) is 0 Å². The third-order valence-corrected chi connectivity index (χ3v) is 6.22. The Morgan fingerprint density at radius 2 is 2.14 bits per heavy atom. The summed E-state index contributed by atoms with van der Waals surface area (Å²) in [6.07, 6.45) is 3.89. The van der Waals surface area contributed by atoms with Crippen LogP contribution in [0.3, 0.4) is 0 Å². The fourth-order valence-electron chi connectivity index (χ4n) is 4.52. The molecule has 0 spiro atoms. The standard InChI is InChI=1S/C22H33N5O2/c1-4-27-20-9-7-17(23-15-18-8-6-16(2)29-18)14-19(20)21(24-27)22(28)26-11-5-10-25(3)12-13-26/h6,8,17,23H,4-5,7,9-15H2,1-3H3. The van der Waals surface area contributed by atoms with Gasteiger partial charge in [-0.25, -0.2) is 0 Å². The van der Waals surface area contributed by atoms with Crippen molar-refractivity contribution in [2.45, 2.75) is 58.7 Å². The van der Waals surface area contributed by atoms with Crippen molar-refractivity contribution in [1.29, 1.82) is 0 Å². The van der Waals surface area contributed by atoms with Crippen LogP contribution in [0.1, 0.15) is 53.0 Å². The Labute approximate surface area is 173 Å². The average molecular weight is 400 g/mol. The predicted octanol–water partition coefficient (Wildman–Crippen LogP) is 2.23. The number of nitrogens with one attached hydrogen (secondary N) is 1. The van der Waals surface area contributed by atoms with Gasteiger partial charge in [-0.3, -0.25) is 9.48 Å². The van der Waals surface area contributed by atoms with Crippen molar-refractivity contribution >= 4 is 5.91 Å². The normalized spacial score (nSPS) is 20.5. The van der Waals surface area contributed by atoms with Gasteiger partial charge in [0.2, 0.25) is 0 Å². The van der Waals surface area contributed by atoms with Gasteiger partial charge in [-0.15, -0.1) is 0 Å². The molecule has 2 aliphatic rings. The van der Waals surface area contributed by atoms with Crippen LogP contribution >= 0.6 is 0 Å². The number of rotatable bonds is 5. The van der Waals surface area contributed by atoms with Gasteiger partial charge in [0.25, 0.3) is 5.91 Å². The minimum Gasteiger partial charge on any atom is -0.465 e. The van der Waals surface area contributed by atoms with Crippen LogP contribution in [0.25, 0.3) is 0 Å². The first kappa shape index (κ1) is 20.2. The second kappa shape index (κ2) is 8.71. The highest BCUT2D eigenvalue weighted by atomic mass is 16.3. The Morgan fingerprint density at radius 1 is 1.28 bits per heavy atom. The van der Waals surface area contributed by atoms with Crippen molar-refractivity contribution in [1.82, 2.24) is 24.9 Å². The summed E-state index contributed by atoms with van der Waals surface area (Å²) in [7, 11) is 2.12. The maximum Gasteiger partial charge on any atom is 0.274 e. The molecular formula is C22H33N5O2. The van der Waals surface area contributed by atoms with Gasteiger partial charge in [0.05, 0.1) is 6.54 Å². The molecule has 4 rings (SSSR count). The number of fused-ring (bicyclic) bond motifs is 1. The molecular weight excluding hydrogens is 366 g/mol. The van der Waals surface area contributed by atoms with Gasteiger partial charge in [-0.05, 0) is 65.3 Å². The van der Waals surface area contributed by atoms with E-state index >= 15 is 0 Å². The number of furan rings is 1. The molecule has 1 atom stereocenters. The van der Waals surface area contributed by atoms with E-state index in [0.717, 1.165) is 82.0 Å². The zero-order valence-corrected chi connectivity index (χ0v) is 17.9. The molecule has 0 radical (unpaired) electrons. The second-order valence-electron chi connectivity index (χ2n) is 8.37. The van der Waals surface area contributed by atoms with E-state index in [1.165, 1.54) is 5.69 Å². The van der Waals surface area contributed by atoms with Gasteiger partial charge >= 0.3 is 0 Å². The number of hydrogen-bond donors (Lipinski definition) is 1. The molecule has 1 aliphatic heterocycles. The first-order chi connectivity index (χ1) is 14.0. The summed E-state index contributed by atoms with van der Waals surface area (Å²) >= 11 is 0. The Morgan fingerprint density at radius 3 is 2.90 bits per heavy atom. The number of carbonyl (C=O) groups excluding carboxylic acids is 1. The lowest BCUT2D eigenvalue weighted by atomic mass is 9.91. The van der Waals surface area contributed by atoms with E-state index in [-0.39, 0.29) is 5.91 Å². The van der Waals surface area contributed by atoms with Crippen molar-refractivity contribution in [3.05, 3.63) is 40.6 Å². The largest absolute Gasteiger partial charge is 0.465 e. The quantitative estimate of drug-likeness (QED) is 0.835. The maximum absolute atomic E-state index is 13.3. The van der Waals surface area contributed by atoms with Gasteiger partial charge in [0.15, 0.2) is 5.69 Å². The van der Waals surface area contributed by atoms with Gasteiger partial charge in [0.1, 0.15) is 11.5 Å². The summed E-state index contributed by atoms with van der Waals surface area (Å²) in [5.74, 6) is 2.00. The summed E-state index contributed by atoms with van der Waals surface area (Å²) in [5, 5.41) is 8.38. The molecule has 1 N–H and O–H groups in total. The Kier molecular flexibility index (Phi) is 6.06. The summed E-state index contributed by atoms with van der Waals surface area (Å²) in [4.78, 5) is 17.6. The minimum absolute atomic E-state index is 0.103. The molecule has 1 amide bonds. The van der Waals surface area contributed by atoms with E-state index in [4.69, 9.17) is 9.52 Å². The van der Waals surface area contributed by atoms with Crippen LogP contribution < -0.4 is 5.32 Å². The number of likely N-dealkylation sites (N-methyl/N-ethyl adjacent to an activating group) is 1. The molecule has 2 aromatic heterocycles. The number of carbonyl (C=O) groups is 1. The van der Waals surface area contributed by atoms with Crippen LogP contribution in [-0.2, 0) is 25.9 Å². The van der Waals surface area contributed by atoms with Crippen LogP contribution in [0.15, 0.2) is 16.5 Å². The van der Waals surface area contributed by atoms with Crippen molar-refractivity contribution < 1.29 is 9.21 Å². The number of amides is 1. The topological polar surface area (TPSA) is 66.5 Å². The van der Waals surface area contributed by atoms with Crippen LogP contribution in [0.2, 0.25) is 0 Å². The molecule has 1 saturated heterocycles. The average Bonchev–Trinajstić information content (AvgIpc) is 3.23.